The standard InChI is InChI=1S/C14H25N3/c1-5-8-17(10-9-16(3)4)13-7-6-12(2)14(15)11-13/h6-7,11H,5,8-10,15H2,1-4H3. The molecule has 0 atom stereocenters. The molecule has 0 aliphatic heterocycles. The van der Waals surface area contributed by atoms with E-state index in [1.165, 1.54) is 5.69 Å². The topological polar surface area (TPSA) is 32.5 Å². The molecular weight excluding hydrogens is 210 g/mol. The first-order chi connectivity index (χ1) is 8.04. The van der Waals surface area contributed by atoms with Crippen molar-refractivity contribution in [1.29, 1.82) is 0 Å². The second kappa shape index (κ2) is 6.50. The Balaban J connectivity index is 2.77. The molecule has 0 radical (unpaired) electrons. The molecule has 0 aliphatic carbocycles. The lowest BCUT2D eigenvalue weighted by Gasteiger charge is -2.26. The number of likely N-dealkylation sites (N-methyl/N-ethyl adjacent to an activating group) is 1. The zero-order valence-corrected chi connectivity index (χ0v) is 11.5. The summed E-state index contributed by atoms with van der Waals surface area (Å²) in [7, 11) is 4.21. The van der Waals surface area contributed by atoms with Crippen LogP contribution in [0.1, 0.15) is 18.9 Å². The monoisotopic (exact) mass is 235 g/mol. The smallest absolute Gasteiger partial charge is 0.0387 e. The van der Waals surface area contributed by atoms with Crippen LogP contribution in [0.4, 0.5) is 11.4 Å². The summed E-state index contributed by atoms with van der Waals surface area (Å²) in [5.41, 5.74) is 9.24. The fourth-order valence-electron chi connectivity index (χ4n) is 1.79. The van der Waals surface area contributed by atoms with E-state index in [-0.39, 0.29) is 0 Å². The molecule has 0 bridgehead atoms. The van der Waals surface area contributed by atoms with E-state index in [2.05, 4.69) is 49.0 Å². The highest BCUT2D eigenvalue weighted by Crippen LogP contribution is 2.21. The number of hydrogen-bond donors (Lipinski definition) is 1. The van der Waals surface area contributed by atoms with Gasteiger partial charge in [0.2, 0.25) is 0 Å². The summed E-state index contributed by atoms with van der Waals surface area (Å²) >= 11 is 0. The van der Waals surface area contributed by atoms with Gasteiger partial charge in [0, 0.05) is 31.0 Å². The summed E-state index contributed by atoms with van der Waals surface area (Å²) in [6.07, 6.45) is 1.15. The largest absolute Gasteiger partial charge is 0.398 e. The number of nitrogens with two attached hydrogens (primary N) is 1. The molecule has 1 aromatic carbocycles. The lowest BCUT2D eigenvalue weighted by Crippen LogP contribution is -2.32. The van der Waals surface area contributed by atoms with Crippen LogP contribution in [0.2, 0.25) is 0 Å². The number of aryl methyl sites for hydroxylation is 1. The number of nitrogen functional groups attached to an aromatic ring is 1. The molecule has 0 saturated heterocycles. The second-order valence-electron chi connectivity index (χ2n) is 4.83. The maximum atomic E-state index is 5.97. The zero-order valence-electron chi connectivity index (χ0n) is 11.5. The van der Waals surface area contributed by atoms with Crippen LogP contribution in [0.15, 0.2) is 18.2 Å². The summed E-state index contributed by atoms with van der Waals surface area (Å²) in [4.78, 5) is 4.61. The lowest BCUT2D eigenvalue weighted by molar-refractivity contribution is 0.413. The fraction of sp³-hybridized carbons (Fsp3) is 0.571. The molecule has 3 nitrogen and oxygen atoms in total. The Morgan fingerprint density at radius 3 is 2.35 bits per heavy atom. The third-order valence-electron chi connectivity index (χ3n) is 2.94. The summed E-state index contributed by atoms with van der Waals surface area (Å²) in [5.74, 6) is 0. The van der Waals surface area contributed by atoms with Crippen LogP contribution in [-0.2, 0) is 0 Å². The van der Waals surface area contributed by atoms with E-state index in [0.717, 1.165) is 37.3 Å². The number of hydrogen-bond acceptors (Lipinski definition) is 3. The van der Waals surface area contributed by atoms with Crippen LogP contribution in [0.25, 0.3) is 0 Å². The first-order valence-electron chi connectivity index (χ1n) is 6.30. The van der Waals surface area contributed by atoms with Crippen molar-refractivity contribution in [3.05, 3.63) is 23.8 Å². The Morgan fingerprint density at radius 1 is 1.12 bits per heavy atom. The highest BCUT2D eigenvalue weighted by Gasteiger charge is 2.07. The van der Waals surface area contributed by atoms with Crippen LogP contribution in [0, 0.1) is 6.92 Å². The van der Waals surface area contributed by atoms with E-state index >= 15 is 0 Å². The van der Waals surface area contributed by atoms with Crippen molar-refractivity contribution >= 4 is 11.4 Å². The van der Waals surface area contributed by atoms with Gasteiger partial charge in [0.05, 0.1) is 0 Å². The van der Waals surface area contributed by atoms with Gasteiger partial charge in [-0.25, -0.2) is 0 Å². The quantitative estimate of drug-likeness (QED) is 0.768. The van der Waals surface area contributed by atoms with Crippen molar-refractivity contribution in [2.45, 2.75) is 20.3 Å². The van der Waals surface area contributed by atoms with Crippen LogP contribution in [-0.4, -0.2) is 38.6 Å². The number of rotatable bonds is 6. The van der Waals surface area contributed by atoms with E-state index in [9.17, 15) is 0 Å². The van der Waals surface area contributed by atoms with Crippen molar-refractivity contribution in [3.8, 4) is 0 Å². The van der Waals surface area contributed by atoms with Crippen molar-refractivity contribution in [1.82, 2.24) is 4.90 Å². The molecule has 0 saturated carbocycles. The fourth-order valence-corrected chi connectivity index (χ4v) is 1.79. The molecular formula is C14H25N3. The molecule has 2 N–H and O–H groups in total. The molecule has 0 spiro atoms. The molecule has 0 aromatic heterocycles. The van der Waals surface area contributed by atoms with E-state index in [0.29, 0.717) is 0 Å². The van der Waals surface area contributed by atoms with E-state index in [1.807, 2.05) is 6.92 Å². The van der Waals surface area contributed by atoms with Gasteiger partial charge in [-0.05, 0) is 45.1 Å². The first kappa shape index (κ1) is 13.8. The zero-order chi connectivity index (χ0) is 12.8. The van der Waals surface area contributed by atoms with E-state index in [4.69, 9.17) is 5.73 Å². The lowest BCUT2D eigenvalue weighted by atomic mass is 10.1. The molecule has 1 aromatic rings. The molecule has 1 rings (SSSR count). The third kappa shape index (κ3) is 4.27. The molecule has 3 heteroatoms. The predicted molar refractivity (Wildman–Crippen MR) is 76.6 cm³/mol. The molecule has 0 fully saturated rings. The van der Waals surface area contributed by atoms with E-state index < -0.39 is 0 Å². The third-order valence-corrected chi connectivity index (χ3v) is 2.94. The SMILES string of the molecule is CCCN(CCN(C)C)c1ccc(C)c(N)c1. The van der Waals surface area contributed by atoms with Crippen molar-refractivity contribution in [2.24, 2.45) is 0 Å². The Hall–Kier alpha value is -1.22. The number of nitrogens with zero attached hydrogens (tertiary/aromatic N) is 2. The van der Waals surface area contributed by atoms with E-state index in [1.54, 1.807) is 0 Å². The number of anilines is 2. The molecule has 17 heavy (non-hydrogen) atoms. The van der Waals surface area contributed by atoms with Gasteiger partial charge in [-0.1, -0.05) is 13.0 Å². The Morgan fingerprint density at radius 2 is 1.82 bits per heavy atom. The van der Waals surface area contributed by atoms with Gasteiger partial charge < -0.3 is 15.5 Å². The maximum Gasteiger partial charge on any atom is 0.0387 e. The van der Waals surface area contributed by atoms with Crippen molar-refractivity contribution in [3.63, 3.8) is 0 Å². The van der Waals surface area contributed by atoms with Gasteiger partial charge in [-0.15, -0.1) is 0 Å². The first-order valence-corrected chi connectivity index (χ1v) is 6.30. The maximum absolute atomic E-state index is 5.97. The van der Waals surface area contributed by atoms with Crippen molar-refractivity contribution < 1.29 is 0 Å². The van der Waals surface area contributed by atoms with Crippen LogP contribution < -0.4 is 10.6 Å². The minimum absolute atomic E-state index is 0.883. The van der Waals surface area contributed by atoms with Gasteiger partial charge in [-0.2, -0.15) is 0 Å². The van der Waals surface area contributed by atoms with Gasteiger partial charge in [-0.3, -0.25) is 0 Å². The molecule has 0 unspecified atom stereocenters. The van der Waals surface area contributed by atoms with Crippen LogP contribution in [0.3, 0.4) is 0 Å². The second-order valence-corrected chi connectivity index (χ2v) is 4.83. The molecule has 96 valence electrons. The van der Waals surface area contributed by atoms with Gasteiger partial charge in [0.15, 0.2) is 0 Å². The molecule has 0 amide bonds. The highest BCUT2D eigenvalue weighted by molar-refractivity contribution is 5.59. The molecule has 0 aliphatic rings. The minimum atomic E-state index is 0.883. The Bertz CT molecular complexity index is 347. The molecule has 0 heterocycles. The summed E-state index contributed by atoms with van der Waals surface area (Å²) in [6.45, 7) is 7.44. The van der Waals surface area contributed by atoms with Gasteiger partial charge in [0.1, 0.15) is 0 Å². The van der Waals surface area contributed by atoms with Gasteiger partial charge >= 0.3 is 0 Å². The average molecular weight is 235 g/mol. The van der Waals surface area contributed by atoms with Gasteiger partial charge in [0.25, 0.3) is 0 Å². The highest BCUT2D eigenvalue weighted by atomic mass is 15.2. The Kier molecular flexibility index (Phi) is 5.29. The summed E-state index contributed by atoms with van der Waals surface area (Å²) in [6, 6.07) is 6.35. The minimum Gasteiger partial charge on any atom is -0.398 e. The van der Waals surface area contributed by atoms with Crippen molar-refractivity contribution in [2.75, 3.05) is 44.4 Å². The summed E-state index contributed by atoms with van der Waals surface area (Å²) in [5, 5.41) is 0. The van der Waals surface area contributed by atoms with Crippen LogP contribution in [0.5, 0.6) is 0 Å². The average Bonchev–Trinajstić information content (AvgIpc) is 2.28. The predicted octanol–water partition coefficient (Wildman–Crippen LogP) is 2.36. The number of benzene rings is 1. The summed E-state index contributed by atoms with van der Waals surface area (Å²) < 4.78 is 0. The van der Waals surface area contributed by atoms with Crippen LogP contribution >= 0.6 is 0 Å². The Labute approximate surface area is 105 Å². The normalized spacial score (nSPS) is 10.9.